The summed E-state index contributed by atoms with van der Waals surface area (Å²) in [5.74, 6) is 1.17. The molecule has 7 nitrogen and oxygen atoms in total. The van der Waals surface area contributed by atoms with Crippen LogP contribution in [0.4, 0.5) is 5.82 Å². The summed E-state index contributed by atoms with van der Waals surface area (Å²) in [6, 6.07) is 1.79. The van der Waals surface area contributed by atoms with Gasteiger partial charge in [0.25, 0.3) is 0 Å². The van der Waals surface area contributed by atoms with Crippen molar-refractivity contribution < 1.29 is 9.53 Å². The average Bonchev–Trinajstić information content (AvgIpc) is 3.08. The van der Waals surface area contributed by atoms with Crippen LogP contribution in [0.25, 0.3) is 18.4 Å². The van der Waals surface area contributed by atoms with E-state index in [1.54, 1.807) is 23.1 Å². The van der Waals surface area contributed by atoms with Gasteiger partial charge in [-0.2, -0.15) is 5.10 Å². The predicted octanol–water partition coefficient (Wildman–Crippen LogP) is 4.39. The smallest absolute Gasteiger partial charge is 0.212 e. The zero-order valence-corrected chi connectivity index (χ0v) is 16.8. The Balaban J connectivity index is 1.94. The van der Waals surface area contributed by atoms with Gasteiger partial charge in [-0.05, 0) is 32.4 Å². The molecule has 0 radical (unpaired) electrons. The monoisotopic (exact) mass is 383 g/mol. The summed E-state index contributed by atoms with van der Waals surface area (Å²) < 4.78 is 7.50. The fourth-order valence-corrected chi connectivity index (χ4v) is 2.61. The third-order valence-electron chi connectivity index (χ3n) is 4.14. The number of amides is 1. The molecule has 1 N–H and O–H groups in total. The van der Waals surface area contributed by atoms with Crippen LogP contribution in [0.5, 0.6) is 0 Å². The molecule has 2 heterocycles. The van der Waals surface area contributed by atoms with Gasteiger partial charge in [-0.15, -0.1) is 0 Å². The van der Waals surface area contributed by atoms with Gasteiger partial charge in [0.2, 0.25) is 6.41 Å². The highest BCUT2D eigenvalue weighted by Gasteiger charge is 2.05. The number of rotatable bonds is 12. The zero-order chi connectivity index (χ0) is 20.2. The second-order valence-corrected chi connectivity index (χ2v) is 6.53. The summed E-state index contributed by atoms with van der Waals surface area (Å²) in [4.78, 5) is 19.3. The van der Waals surface area contributed by atoms with Crippen molar-refractivity contribution in [3.8, 4) is 0 Å². The summed E-state index contributed by atoms with van der Waals surface area (Å²) in [6.07, 6.45) is 16.6. The molecule has 150 valence electrons. The number of carbonyl (C=O) groups is 1. The Kier molecular flexibility index (Phi) is 9.07. The molecule has 1 atom stereocenters. The standard InChI is InChI=1S/C21H29N5O2/c1-4-6-7-8-17(3)28-15-21-22-13-18(14-23-21)9-10-19-12-20(24-16-27)25-26(19)11-5-2/h5,9-14,16-17H,4,6-8,15H2,1-3H3,(H,24,25,27)/b10-9+,11-5-. The first-order valence-electron chi connectivity index (χ1n) is 9.69. The Morgan fingerprint density at radius 3 is 2.71 bits per heavy atom. The Morgan fingerprint density at radius 2 is 2.04 bits per heavy atom. The number of nitrogens with zero attached hydrogens (tertiary/aromatic N) is 4. The number of aromatic nitrogens is 4. The lowest BCUT2D eigenvalue weighted by Gasteiger charge is -2.11. The van der Waals surface area contributed by atoms with E-state index in [9.17, 15) is 4.79 Å². The highest BCUT2D eigenvalue weighted by Crippen LogP contribution is 2.14. The maximum atomic E-state index is 10.6. The molecule has 0 aliphatic rings. The summed E-state index contributed by atoms with van der Waals surface area (Å²) in [7, 11) is 0. The molecule has 0 bridgehead atoms. The van der Waals surface area contributed by atoms with Crippen LogP contribution in [-0.2, 0) is 16.1 Å². The highest BCUT2D eigenvalue weighted by atomic mass is 16.5. The molecule has 1 amide bonds. The normalized spacial score (nSPS) is 12.7. The lowest BCUT2D eigenvalue weighted by Crippen LogP contribution is -2.09. The lowest BCUT2D eigenvalue weighted by atomic mass is 10.1. The molecule has 2 aromatic rings. The topological polar surface area (TPSA) is 81.9 Å². The van der Waals surface area contributed by atoms with E-state index < -0.39 is 0 Å². The van der Waals surface area contributed by atoms with Crippen molar-refractivity contribution in [3.63, 3.8) is 0 Å². The van der Waals surface area contributed by atoms with E-state index in [1.807, 2.05) is 31.4 Å². The van der Waals surface area contributed by atoms with Crippen LogP contribution in [0, 0.1) is 0 Å². The molecule has 0 saturated carbocycles. The number of hydrogen-bond acceptors (Lipinski definition) is 5. The van der Waals surface area contributed by atoms with Crippen LogP contribution in [0.2, 0.25) is 0 Å². The zero-order valence-electron chi connectivity index (χ0n) is 16.8. The number of hydrogen-bond donors (Lipinski definition) is 1. The first-order chi connectivity index (χ1) is 13.7. The Bertz CT molecular complexity index is 781. The number of ether oxygens (including phenoxy) is 1. The first kappa shape index (κ1) is 21.5. The van der Waals surface area contributed by atoms with Gasteiger partial charge in [-0.25, -0.2) is 14.6 Å². The number of nitrogens with one attached hydrogen (secondary N) is 1. The maximum absolute atomic E-state index is 10.6. The van der Waals surface area contributed by atoms with Gasteiger partial charge < -0.3 is 10.1 Å². The second-order valence-electron chi connectivity index (χ2n) is 6.53. The van der Waals surface area contributed by atoms with Gasteiger partial charge in [0.05, 0.1) is 11.8 Å². The third kappa shape index (κ3) is 7.08. The lowest BCUT2D eigenvalue weighted by molar-refractivity contribution is -0.105. The maximum Gasteiger partial charge on any atom is 0.212 e. The minimum atomic E-state index is 0.218. The molecule has 0 aliphatic heterocycles. The van der Waals surface area contributed by atoms with Crippen molar-refractivity contribution in [2.45, 2.75) is 59.2 Å². The summed E-state index contributed by atoms with van der Waals surface area (Å²) in [6.45, 7) is 6.62. The molecular weight excluding hydrogens is 354 g/mol. The van der Waals surface area contributed by atoms with Gasteiger partial charge in [0, 0.05) is 30.2 Å². The van der Waals surface area contributed by atoms with E-state index >= 15 is 0 Å². The van der Waals surface area contributed by atoms with Crippen LogP contribution < -0.4 is 5.32 Å². The van der Waals surface area contributed by atoms with Crippen LogP contribution in [-0.4, -0.2) is 32.3 Å². The number of anilines is 1. The Hall–Kier alpha value is -2.80. The minimum absolute atomic E-state index is 0.218. The summed E-state index contributed by atoms with van der Waals surface area (Å²) in [5, 5.41) is 6.82. The van der Waals surface area contributed by atoms with Crippen LogP contribution in [0.15, 0.2) is 24.5 Å². The fourth-order valence-electron chi connectivity index (χ4n) is 2.61. The number of allylic oxidation sites excluding steroid dienone is 1. The van der Waals surface area contributed by atoms with Crippen molar-refractivity contribution in [2.75, 3.05) is 5.32 Å². The van der Waals surface area contributed by atoms with Crippen molar-refractivity contribution in [1.29, 1.82) is 0 Å². The Labute approximate surface area is 166 Å². The average molecular weight is 383 g/mol. The third-order valence-corrected chi connectivity index (χ3v) is 4.14. The highest BCUT2D eigenvalue weighted by molar-refractivity contribution is 5.73. The SMILES string of the molecule is C/C=C\n1nc(NC=O)cc1/C=C/c1cnc(COC(C)CCCCC)nc1. The number of unbranched alkanes of at least 4 members (excludes halogenated alkanes) is 2. The quantitative estimate of drug-likeness (QED) is 0.434. The minimum Gasteiger partial charge on any atom is -0.371 e. The fraction of sp³-hybridized carbons (Fsp3) is 0.429. The predicted molar refractivity (Wildman–Crippen MR) is 112 cm³/mol. The van der Waals surface area contributed by atoms with E-state index in [-0.39, 0.29) is 6.10 Å². The molecule has 0 aromatic carbocycles. The first-order valence-corrected chi connectivity index (χ1v) is 9.69. The van der Waals surface area contributed by atoms with E-state index in [0.29, 0.717) is 24.7 Å². The van der Waals surface area contributed by atoms with E-state index in [4.69, 9.17) is 4.74 Å². The molecule has 28 heavy (non-hydrogen) atoms. The van der Waals surface area contributed by atoms with Crippen LogP contribution in [0.3, 0.4) is 0 Å². The summed E-state index contributed by atoms with van der Waals surface area (Å²) in [5.41, 5.74) is 1.70. The van der Waals surface area contributed by atoms with Gasteiger partial charge in [0.1, 0.15) is 6.61 Å². The van der Waals surface area contributed by atoms with Crippen LogP contribution >= 0.6 is 0 Å². The van der Waals surface area contributed by atoms with Crippen molar-refractivity contribution in [2.24, 2.45) is 0 Å². The summed E-state index contributed by atoms with van der Waals surface area (Å²) >= 11 is 0. The second kappa shape index (κ2) is 11.8. The van der Waals surface area contributed by atoms with E-state index in [1.165, 1.54) is 19.3 Å². The Morgan fingerprint density at radius 1 is 1.25 bits per heavy atom. The molecule has 1 unspecified atom stereocenters. The van der Waals surface area contributed by atoms with Crippen LogP contribution in [0.1, 0.15) is 63.5 Å². The molecule has 7 heteroatoms. The molecule has 0 fully saturated rings. The van der Waals surface area contributed by atoms with Gasteiger partial charge >= 0.3 is 0 Å². The van der Waals surface area contributed by atoms with E-state index in [0.717, 1.165) is 17.7 Å². The van der Waals surface area contributed by atoms with Crippen molar-refractivity contribution in [1.82, 2.24) is 19.7 Å². The molecule has 0 spiro atoms. The van der Waals surface area contributed by atoms with E-state index in [2.05, 4.69) is 34.2 Å². The molecule has 2 aromatic heterocycles. The van der Waals surface area contributed by atoms with Gasteiger partial charge in [-0.1, -0.05) is 32.3 Å². The van der Waals surface area contributed by atoms with Crippen molar-refractivity contribution in [3.05, 3.63) is 41.6 Å². The molecule has 2 rings (SSSR count). The molecule has 0 aliphatic carbocycles. The largest absolute Gasteiger partial charge is 0.371 e. The number of carbonyl (C=O) groups excluding carboxylic acids is 1. The van der Waals surface area contributed by atoms with Crippen molar-refractivity contribution >= 4 is 30.6 Å². The molecule has 0 saturated heterocycles. The van der Waals surface area contributed by atoms with Gasteiger partial charge in [-0.3, -0.25) is 4.79 Å². The van der Waals surface area contributed by atoms with Gasteiger partial charge in [0.15, 0.2) is 11.6 Å². The molecular formula is C21H29N5O2.